The van der Waals surface area contributed by atoms with E-state index in [-0.39, 0.29) is 0 Å². The Bertz CT molecular complexity index is 1240. The minimum absolute atomic E-state index is 0.312. The van der Waals surface area contributed by atoms with Crippen molar-refractivity contribution in [3.05, 3.63) is 66.0 Å². The van der Waals surface area contributed by atoms with Gasteiger partial charge in [-0.15, -0.1) is 0 Å². The first-order valence-corrected chi connectivity index (χ1v) is 11.0. The molecule has 0 unspecified atom stereocenters. The Morgan fingerprint density at radius 1 is 1.00 bits per heavy atom. The predicted octanol–water partition coefficient (Wildman–Crippen LogP) is 4.85. The third-order valence-electron chi connectivity index (χ3n) is 6.54. The Morgan fingerprint density at radius 2 is 1.74 bits per heavy atom. The standard InChI is InChI=1S/C26H26N4O/c27-15-22-14-24-23-13-21(5-6-25(23)29-26(24)16-28-22)20-3-1-19(2-4-20)17-30-10-7-18(8-11-30)9-12-31/h1-6,13-14,16,18,29,31H,7-12,17H2. The first-order chi connectivity index (χ1) is 15.2. The molecule has 0 spiro atoms. The second-order valence-electron chi connectivity index (χ2n) is 8.54. The van der Waals surface area contributed by atoms with Crippen LogP contribution in [0.1, 0.15) is 30.5 Å². The van der Waals surface area contributed by atoms with Gasteiger partial charge < -0.3 is 10.1 Å². The van der Waals surface area contributed by atoms with E-state index in [4.69, 9.17) is 5.11 Å². The van der Waals surface area contributed by atoms with Gasteiger partial charge >= 0.3 is 0 Å². The Kier molecular flexibility index (Phi) is 5.42. The van der Waals surface area contributed by atoms with Gasteiger partial charge in [-0.25, -0.2) is 4.98 Å². The van der Waals surface area contributed by atoms with Gasteiger partial charge in [-0.05, 0) is 73.2 Å². The zero-order chi connectivity index (χ0) is 21.2. The average molecular weight is 411 g/mol. The topological polar surface area (TPSA) is 75.9 Å². The van der Waals surface area contributed by atoms with Crippen LogP contribution in [0.5, 0.6) is 0 Å². The predicted molar refractivity (Wildman–Crippen MR) is 123 cm³/mol. The molecule has 2 N–H and O–H groups in total. The largest absolute Gasteiger partial charge is 0.396 e. The number of fused-ring (bicyclic) bond motifs is 3. The highest BCUT2D eigenvalue weighted by Gasteiger charge is 2.18. The zero-order valence-corrected chi connectivity index (χ0v) is 17.5. The quantitative estimate of drug-likeness (QED) is 0.493. The van der Waals surface area contributed by atoms with Gasteiger partial charge in [-0.2, -0.15) is 5.26 Å². The number of nitrogens with one attached hydrogen (secondary N) is 1. The molecule has 156 valence electrons. The van der Waals surface area contributed by atoms with Crippen molar-refractivity contribution in [2.24, 2.45) is 5.92 Å². The molecule has 0 atom stereocenters. The van der Waals surface area contributed by atoms with E-state index in [0.29, 0.717) is 18.2 Å². The number of likely N-dealkylation sites (tertiary alicyclic amines) is 1. The molecule has 0 radical (unpaired) electrons. The number of nitrogens with zero attached hydrogens (tertiary/aromatic N) is 3. The summed E-state index contributed by atoms with van der Waals surface area (Å²) in [5.74, 6) is 0.683. The van der Waals surface area contributed by atoms with Crippen LogP contribution >= 0.6 is 0 Å². The number of rotatable bonds is 5. The number of aromatic nitrogens is 2. The fraction of sp³-hybridized carbons (Fsp3) is 0.308. The molecule has 1 saturated heterocycles. The number of piperidine rings is 1. The van der Waals surface area contributed by atoms with E-state index < -0.39 is 0 Å². The van der Waals surface area contributed by atoms with Gasteiger partial charge in [0.25, 0.3) is 0 Å². The molecule has 0 aliphatic carbocycles. The molecule has 0 saturated carbocycles. The summed E-state index contributed by atoms with van der Waals surface area (Å²) in [6.45, 7) is 3.52. The van der Waals surface area contributed by atoms with Gasteiger partial charge in [0.15, 0.2) is 0 Å². The molecule has 3 heterocycles. The monoisotopic (exact) mass is 410 g/mol. The van der Waals surface area contributed by atoms with Crippen molar-refractivity contribution in [1.29, 1.82) is 5.26 Å². The lowest BCUT2D eigenvalue weighted by Gasteiger charge is -2.31. The van der Waals surface area contributed by atoms with E-state index in [9.17, 15) is 5.26 Å². The highest BCUT2D eigenvalue weighted by atomic mass is 16.3. The minimum atomic E-state index is 0.312. The molecule has 31 heavy (non-hydrogen) atoms. The van der Waals surface area contributed by atoms with Crippen LogP contribution in [-0.2, 0) is 6.54 Å². The van der Waals surface area contributed by atoms with Gasteiger partial charge in [-0.1, -0.05) is 30.3 Å². The lowest BCUT2D eigenvalue weighted by atomic mass is 9.93. The van der Waals surface area contributed by atoms with Crippen molar-refractivity contribution >= 4 is 21.8 Å². The van der Waals surface area contributed by atoms with Crippen LogP contribution in [0.4, 0.5) is 0 Å². The minimum Gasteiger partial charge on any atom is -0.396 e. The summed E-state index contributed by atoms with van der Waals surface area (Å²) in [4.78, 5) is 10.1. The summed E-state index contributed by atoms with van der Waals surface area (Å²) in [7, 11) is 0. The molecule has 5 nitrogen and oxygen atoms in total. The average Bonchev–Trinajstić information content (AvgIpc) is 3.18. The van der Waals surface area contributed by atoms with Gasteiger partial charge in [-0.3, -0.25) is 4.90 Å². The van der Waals surface area contributed by atoms with Crippen molar-refractivity contribution in [2.45, 2.75) is 25.8 Å². The number of hydrogen-bond acceptors (Lipinski definition) is 4. The lowest BCUT2D eigenvalue weighted by molar-refractivity contribution is 0.153. The summed E-state index contributed by atoms with van der Waals surface area (Å²) in [6, 6.07) is 19.3. The molecule has 1 aliphatic rings. The normalized spacial score (nSPS) is 15.5. The van der Waals surface area contributed by atoms with Crippen molar-refractivity contribution < 1.29 is 5.11 Å². The summed E-state index contributed by atoms with van der Waals surface area (Å²) < 4.78 is 0. The molecule has 4 aromatic rings. The van der Waals surface area contributed by atoms with Crippen molar-refractivity contribution in [2.75, 3.05) is 19.7 Å². The maximum absolute atomic E-state index is 9.18. The smallest absolute Gasteiger partial charge is 0.141 e. The number of aromatic amines is 1. The van der Waals surface area contributed by atoms with E-state index in [1.54, 1.807) is 6.20 Å². The summed E-state index contributed by atoms with van der Waals surface area (Å²) in [6.07, 6.45) is 5.05. The molecule has 2 aromatic carbocycles. The first-order valence-electron chi connectivity index (χ1n) is 11.0. The SMILES string of the molecule is N#Cc1cc2c(cn1)[nH]c1ccc(-c3ccc(CN4CCC(CCO)CC4)cc3)cc12. The van der Waals surface area contributed by atoms with Crippen LogP contribution in [0.2, 0.25) is 0 Å². The van der Waals surface area contributed by atoms with E-state index >= 15 is 0 Å². The second-order valence-corrected chi connectivity index (χ2v) is 8.54. The zero-order valence-electron chi connectivity index (χ0n) is 17.5. The first kappa shape index (κ1) is 19.7. The summed E-state index contributed by atoms with van der Waals surface area (Å²) >= 11 is 0. The van der Waals surface area contributed by atoms with E-state index in [0.717, 1.165) is 47.9 Å². The molecule has 5 rings (SSSR count). The van der Waals surface area contributed by atoms with Gasteiger partial charge in [0.1, 0.15) is 11.8 Å². The van der Waals surface area contributed by atoms with Crippen LogP contribution in [0.15, 0.2) is 54.7 Å². The fourth-order valence-electron chi connectivity index (χ4n) is 4.72. The lowest BCUT2D eigenvalue weighted by Crippen LogP contribution is -2.33. The molecular formula is C26H26N4O. The van der Waals surface area contributed by atoms with Gasteiger partial charge in [0.2, 0.25) is 0 Å². The molecule has 5 heteroatoms. The fourth-order valence-corrected chi connectivity index (χ4v) is 4.72. The highest BCUT2D eigenvalue weighted by molar-refractivity contribution is 6.08. The van der Waals surface area contributed by atoms with Gasteiger partial charge in [0, 0.05) is 29.4 Å². The number of pyridine rings is 1. The summed E-state index contributed by atoms with van der Waals surface area (Å²) in [5.41, 5.74) is 6.13. The van der Waals surface area contributed by atoms with Crippen molar-refractivity contribution in [3.8, 4) is 17.2 Å². The number of benzene rings is 2. The van der Waals surface area contributed by atoms with E-state index in [1.807, 2.05) is 6.07 Å². The van der Waals surface area contributed by atoms with Crippen LogP contribution in [0.25, 0.3) is 32.9 Å². The number of H-pyrrole nitrogens is 1. The van der Waals surface area contributed by atoms with Gasteiger partial charge in [0.05, 0.1) is 11.7 Å². The highest BCUT2D eigenvalue weighted by Crippen LogP contribution is 2.30. The second kappa shape index (κ2) is 8.50. The van der Waals surface area contributed by atoms with Crippen molar-refractivity contribution in [1.82, 2.24) is 14.9 Å². The maximum atomic E-state index is 9.18. The number of nitriles is 1. The molecular weight excluding hydrogens is 384 g/mol. The Labute approximate surface area is 182 Å². The van der Waals surface area contributed by atoms with Crippen molar-refractivity contribution in [3.63, 3.8) is 0 Å². The molecule has 0 amide bonds. The van der Waals surface area contributed by atoms with Crippen LogP contribution in [0, 0.1) is 17.2 Å². The maximum Gasteiger partial charge on any atom is 0.141 e. The van der Waals surface area contributed by atoms with Crippen LogP contribution < -0.4 is 0 Å². The molecule has 0 bridgehead atoms. The van der Waals surface area contributed by atoms with E-state index in [1.165, 1.54) is 29.5 Å². The molecule has 1 aliphatic heterocycles. The third-order valence-corrected chi connectivity index (χ3v) is 6.54. The number of aliphatic hydroxyl groups excluding tert-OH is 1. The Hall–Kier alpha value is -3.20. The molecule has 2 aromatic heterocycles. The Morgan fingerprint density at radius 3 is 2.48 bits per heavy atom. The third kappa shape index (κ3) is 4.05. The molecule has 1 fully saturated rings. The van der Waals surface area contributed by atoms with E-state index in [2.05, 4.69) is 63.4 Å². The van der Waals surface area contributed by atoms with Crippen LogP contribution in [-0.4, -0.2) is 39.7 Å². The summed E-state index contributed by atoms with van der Waals surface area (Å²) in [5, 5.41) is 20.5. The Balaban J connectivity index is 1.34. The number of hydrogen-bond donors (Lipinski definition) is 2. The van der Waals surface area contributed by atoms with Crippen LogP contribution in [0.3, 0.4) is 0 Å². The number of aliphatic hydroxyl groups is 1.